The van der Waals surface area contributed by atoms with E-state index in [4.69, 9.17) is 5.73 Å². The molecule has 20 heavy (non-hydrogen) atoms. The van der Waals surface area contributed by atoms with Gasteiger partial charge in [0, 0.05) is 25.1 Å². The van der Waals surface area contributed by atoms with Crippen LogP contribution in [0.25, 0.3) is 0 Å². The fourth-order valence-electron chi connectivity index (χ4n) is 2.53. The Morgan fingerprint density at radius 3 is 2.55 bits per heavy atom. The van der Waals surface area contributed by atoms with Crippen LogP contribution in [0, 0.1) is 18.7 Å². The number of amides is 2. The van der Waals surface area contributed by atoms with Crippen LogP contribution in [0.1, 0.15) is 35.2 Å². The summed E-state index contributed by atoms with van der Waals surface area (Å²) in [5.41, 5.74) is 6.08. The smallest absolute Gasteiger partial charge is 0.253 e. The monoisotopic (exact) mass is 278 g/mol. The second-order valence-corrected chi connectivity index (χ2v) is 5.37. The Labute approximate surface area is 117 Å². The van der Waals surface area contributed by atoms with Crippen molar-refractivity contribution in [3.8, 4) is 0 Å². The molecule has 2 rings (SSSR count). The molecule has 1 aromatic rings. The summed E-state index contributed by atoms with van der Waals surface area (Å²) in [6.07, 6.45) is 1.91. The molecule has 0 atom stereocenters. The molecule has 0 radical (unpaired) electrons. The van der Waals surface area contributed by atoms with Gasteiger partial charge in [0.2, 0.25) is 5.91 Å². The molecular weight excluding hydrogens is 259 g/mol. The van der Waals surface area contributed by atoms with Crippen molar-refractivity contribution in [1.82, 2.24) is 4.90 Å². The molecule has 1 aromatic carbocycles. The van der Waals surface area contributed by atoms with Gasteiger partial charge in [0.05, 0.1) is 0 Å². The van der Waals surface area contributed by atoms with Gasteiger partial charge in [0.15, 0.2) is 0 Å². The first-order chi connectivity index (χ1) is 9.47. The summed E-state index contributed by atoms with van der Waals surface area (Å²) >= 11 is 0. The Balaban J connectivity index is 1.97. The van der Waals surface area contributed by atoms with Gasteiger partial charge in [-0.25, -0.2) is 4.39 Å². The van der Waals surface area contributed by atoms with Crippen molar-refractivity contribution in [3.05, 3.63) is 35.1 Å². The van der Waals surface area contributed by atoms with E-state index in [1.807, 2.05) is 0 Å². The summed E-state index contributed by atoms with van der Waals surface area (Å²) < 4.78 is 13.5. The van der Waals surface area contributed by atoms with Crippen LogP contribution in [0.3, 0.4) is 0 Å². The molecule has 1 aliphatic rings. The third kappa shape index (κ3) is 3.35. The van der Waals surface area contributed by atoms with Crippen LogP contribution in [-0.2, 0) is 4.79 Å². The summed E-state index contributed by atoms with van der Waals surface area (Å²) in [6, 6.07) is 4.55. The quantitative estimate of drug-likeness (QED) is 0.917. The lowest BCUT2D eigenvalue weighted by Crippen LogP contribution is -2.39. The summed E-state index contributed by atoms with van der Waals surface area (Å²) in [4.78, 5) is 24.8. The third-order valence-corrected chi connectivity index (χ3v) is 3.81. The van der Waals surface area contributed by atoms with E-state index in [2.05, 4.69) is 0 Å². The number of carbonyl (C=O) groups is 2. The van der Waals surface area contributed by atoms with E-state index in [0.717, 1.165) is 12.8 Å². The van der Waals surface area contributed by atoms with Gasteiger partial charge in [-0.05, 0) is 43.4 Å². The van der Waals surface area contributed by atoms with Gasteiger partial charge in [0.1, 0.15) is 5.82 Å². The van der Waals surface area contributed by atoms with Crippen LogP contribution in [0.2, 0.25) is 0 Å². The minimum atomic E-state index is -0.362. The van der Waals surface area contributed by atoms with Gasteiger partial charge in [-0.15, -0.1) is 0 Å². The molecule has 1 heterocycles. The molecule has 0 unspecified atom stereocenters. The second-order valence-electron chi connectivity index (χ2n) is 5.37. The van der Waals surface area contributed by atoms with Crippen molar-refractivity contribution < 1.29 is 14.0 Å². The average Bonchev–Trinajstić information content (AvgIpc) is 2.41. The maximum atomic E-state index is 13.5. The van der Waals surface area contributed by atoms with Gasteiger partial charge in [-0.3, -0.25) is 9.59 Å². The van der Waals surface area contributed by atoms with Crippen LogP contribution in [0.15, 0.2) is 18.2 Å². The molecule has 0 aliphatic carbocycles. The predicted octanol–water partition coefficient (Wildman–Crippen LogP) is 1.86. The maximum absolute atomic E-state index is 13.5. The fourth-order valence-corrected chi connectivity index (χ4v) is 2.53. The highest BCUT2D eigenvalue weighted by Crippen LogP contribution is 2.22. The first kappa shape index (κ1) is 14.5. The highest BCUT2D eigenvalue weighted by atomic mass is 19.1. The molecule has 4 nitrogen and oxygen atoms in total. The maximum Gasteiger partial charge on any atom is 0.253 e. The standard InChI is InChI=1S/C15H19FN2O2/c1-10-2-3-12(9-13(10)16)15(20)18-6-4-11(5-7-18)8-14(17)19/h2-3,9,11H,4-8H2,1H3,(H2,17,19). The predicted molar refractivity (Wildman–Crippen MR) is 73.6 cm³/mol. The van der Waals surface area contributed by atoms with Crippen molar-refractivity contribution in [2.75, 3.05) is 13.1 Å². The number of aryl methyl sites for hydroxylation is 1. The highest BCUT2D eigenvalue weighted by molar-refractivity contribution is 5.94. The van der Waals surface area contributed by atoms with Crippen LogP contribution in [0.5, 0.6) is 0 Å². The lowest BCUT2D eigenvalue weighted by Gasteiger charge is -2.31. The number of likely N-dealkylation sites (tertiary alicyclic amines) is 1. The van der Waals surface area contributed by atoms with E-state index in [-0.39, 0.29) is 23.5 Å². The number of benzene rings is 1. The SMILES string of the molecule is Cc1ccc(C(=O)N2CCC(CC(N)=O)CC2)cc1F. The van der Waals surface area contributed by atoms with E-state index in [1.165, 1.54) is 6.07 Å². The van der Waals surface area contributed by atoms with Gasteiger partial charge >= 0.3 is 0 Å². The number of nitrogens with two attached hydrogens (primary N) is 1. The number of piperidine rings is 1. The largest absolute Gasteiger partial charge is 0.370 e. The Bertz CT molecular complexity index is 523. The molecule has 1 saturated heterocycles. The molecule has 0 aromatic heterocycles. The van der Waals surface area contributed by atoms with Crippen LogP contribution >= 0.6 is 0 Å². The number of rotatable bonds is 3. The van der Waals surface area contributed by atoms with E-state index >= 15 is 0 Å². The summed E-state index contributed by atoms with van der Waals surface area (Å²) in [5.74, 6) is -0.553. The lowest BCUT2D eigenvalue weighted by molar-refractivity contribution is -0.119. The molecule has 108 valence electrons. The van der Waals surface area contributed by atoms with Crippen molar-refractivity contribution in [1.29, 1.82) is 0 Å². The van der Waals surface area contributed by atoms with Crippen molar-refractivity contribution in [2.45, 2.75) is 26.2 Å². The van der Waals surface area contributed by atoms with Gasteiger partial charge in [-0.1, -0.05) is 6.07 Å². The fraction of sp³-hybridized carbons (Fsp3) is 0.467. The lowest BCUT2D eigenvalue weighted by atomic mass is 9.93. The zero-order chi connectivity index (χ0) is 14.7. The Morgan fingerprint density at radius 1 is 1.35 bits per heavy atom. The molecule has 0 spiro atoms. The summed E-state index contributed by atoms with van der Waals surface area (Å²) in [6.45, 7) is 2.84. The van der Waals surface area contributed by atoms with Gasteiger partial charge < -0.3 is 10.6 Å². The number of carbonyl (C=O) groups excluding carboxylic acids is 2. The minimum absolute atomic E-state index is 0.151. The first-order valence-corrected chi connectivity index (χ1v) is 6.81. The third-order valence-electron chi connectivity index (χ3n) is 3.81. The van der Waals surface area contributed by atoms with E-state index < -0.39 is 0 Å². The zero-order valence-corrected chi connectivity index (χ0v) is 11.6. The number of primary amides is 1. The minimum Gasteiger partial charge on any atom is -0.370 e. The number of hydrogen-bond donors (Lipinski definition) is 1. The van der Waals surface area contributed by atoms with Crippen LogP contribution in [-0.4, -0.2) is 29.8 Å². The number of hydrogen-bond acceptors (Lipinski definition) is 2. The van der Waals surface area contributed by atoms with Crippen molar-refractivity contribution >= 4 is 11.8 Å². The van der Waals surface area contributed by atoms with E-state index in [0.29, 0.717) is 30.6 Å². The van der Waals surface area contributed by atoms with Gasteiger partial charge in [-0.2, -0.15) is 0 Å². The Kier molecular flexibility index (Phi) is 4.37. The van der Waals surface area contributed by atoms with Crippen LogP contribution in [0.4, 0.5) is 4.39 Å². The normalized spacial score (nSPS) is 16.2. The zero-order valence-electron chi connectivity index (χ0n) is 11.6. The number of halogens is 1. The Hall–Kier alpha value is -1.91. The molecular formula is C15H19FN2O2. The molecule has 2 N–H and O–H groups in total. The van der Waals surface area contributed by atoms with E-state index in [1.54, 1.807) is 24.0 Å². The van der Waals surface area contributed by atoms with Crippen LogP contribution < -0.4 is 5.73 Å². The molecule has 5 heteroatoms. The summed E-state index contributed by atoms with van der Waals surface area (Å²) in [7, 11) is 0. The molecule has 2 amide bonds. The first-order valence-electron chi connectivity index (χ1n) is 6.81. The molecule has 0 saturated carbocycles. The topological polar surface area (TPSA) is 63.4 Å². The Morgan fingerprint density at radius 2 is 2.00 bits per heavy atom. The van der Waals surface area contributed by atoms with E-state index in [9.17, 15) is 14.0 Å². The molecule has 1 aliphatic heterocycles. The highest BCUT2D eigenvalue weighted by Gasteiger charge is 2.24. The summed E-state index contributed by atoms with van der Waals surface area (Å²) in [5, 5.41) is 0. The second kappa shape index (κ2) is 6.03. The molecule has 1 fully saturated rings. The van der Waals surface area contributed by atoms with Gasteiger partial charge in [0.25, 0.3) is 5.91 Å². The average molecular weight is 278 g/mol. The number of nitrogens with zero attached hydrogens (tertiary/aromatic N) is 1. The van der Waals surface area contributed by atoms with Crippen molar-refractivity contribution in [2.24, 2.45) is 11.7 Å². The molecule has 0 bridgehead atoms. The van der Waals surface area contributed by atoms with Crippen molar-refractivity contribution in [3.63, 3.8) is 0 Å².